The Morgan fingerprint density at radius 3 is 2.61 bits per heavy atom. The Morgan fingerprint density at radius 1 is 1.30 bits per heavy atom. The van der Waals surface area contributed by atoms with Crippen LogP contribution in [-0.2, 0) is 11.3 Å². The lowest BCUT2D eigenvalue weighted by Gasteiger charge is -2.39. The normalized spacial score (nSPS) is 14.4. The third kappa shape index (κ3) is 3.26. The maximum atomic E-state index is 12.4. The van der Waals surface area contributed by atoms with E-state index >= 15 is 0 Å². The van der Waals surface area contributed by atoms with E-state index in [0.717, 1.165) is 5.56 Å². The highest BCUT2D eigenvalue weighted by molar-refractivity contribution is 5.94. The summed E-state index contributed by atoms with van der Waals surface area (Å²) in [5.74, 6) is 0.343. The van der Waals surface area contributed by atoms with Crippen molar-refractivity contribution < 1.29 is 14.1 Å². The van der Waals surface area contributed by atoms with Gasteiger partial charge in [-0.05, 0) is 12.5 Å². The van der Waals surface area contributed by atoms with E-state index in [9.17, 15) is 9.59 Å². The van der Waals surface area contributed by atoms with Crippen LogP contribution in [0.15, 0.2) is 40.9 Å². The number of hydrogen-bond donors (Lipinski definition) is 0. The Hall–Kier alpha value is -2.63. The molecule has 1 aromatic heterocycles. The third-order valence-electron chi connectivity index (χ3n) is 4.00. The number of carbonyl (C=O) groups is 2. The van der Waals surface area contributed by atoms with Gasteiger partial charge in [-0.15, -0.1) is 0 Å². The number of likely N-dealkylation sites (tertiary alicyclic amines) is 1. The molecular formula is C17H19N3O3. The van der Waals surface area contributed by atoms with Gasteiger partial charge < -0.3 is 14.3 Å². The predicted octanol–water partition coefficient (Wildman–Crippen LogP) is 1.71. The number of aryl methyl sites for hydroxylation is 1. The molecule has 2 amide bonds. The van der Waals surface area contributed by atoms with Gasteiger partial charge in [-0.3, -0.25) is 9.59 Å². The Morgan fingerprint density at radius 2 is 2.00 bits per heavy atom. The fourth-order valence-electron chi connectivity index (χ4n) is 2.68. The van der Waals surface area contributed by atoms with Crippen molar-refractivity contribution in [2.45, 2.75) is 13.5 Å². The van der Waals surface area contributed by atoms with Crippen LogP contribution in [-0.4, -0.2) is 46.9 Å². The molecule has 0 aliphatic carbocycles. The summed E-state index contributed by atoms with van der Waals surface area (Å²) in [4.78, 5) is 27.9. The van der Waals surface area contributed by atoms with Gasteiger partial charge in [0.15, 0.2) is 5.69 Å². The van der Waals surface area contributed by atoms with Crippen molar-refractivity contribution >= 4 is 11.8 Å². The first-order valence-electron chi connectivity index (χ1n) is 7.56. The molecule has 6 nitrogen and oxygen atoms in total. The molecule has 2 heterocycles. The van der Waals surface area contributed by atoms with Gasteiger partial charge >= 0.3 is 0 Å². The number of hydrogen-bond acceptors (Lipinski definition) is 4. The number of aromatic nitrogens is 1. The molecular weight excluding hydrogens is 294 g/mol. The van der Waals surface area contributed by atoms with Crippen LogP contribution in [0, 0.1) is 12.8 Å². The van der Waals surface area contributed by atoms with Crippen molar-refractivity contribution in [2.24, 2.45) is 5.92 Å². The summed E-state index contributed by atoms with van der Waals surface area (Å²) in [6.07, 6.45) is 0. The molecule has 1 aromatic carbocycles. The van der Waals surface area contributed by atoms with Crippen LogP contribution in [0.25, 0.3) is 0 Å². The summed E-state index contributed by atoms with van der Waals surface area (Å²) in [7, 11) is 1.79. The summed E-state index contributed by atoms with van der Waals surface area (Å²) in [6.45, 7) is 3.18. The molecule has 6 heteroatoms. The zero-order chi connectivity index (χ0) is 16.4. The standard InChI is InChI=1S/C17H19N3O3/c1-12-8-15(18-23-12)17(22)20-10-14(11-20)16(21)19(2)9-13-6-4-3-5-7-13/h3-8,14H,9-11H2,1-2H3. The van der Waals surface area contributed by atoms with Gasteiger partial charge in [-0.1, -0.05) is 35.5 Å². The zero-order valence-electron chi connectivity index (χ0n) is 13.2. The van der Waals surface area contributed by atoms with Crippen molar-refractivity contribution in [3.05, 3.63) is 53.4 Å². The largest absolute Gasteiger partial charge is 0.361 e. The van der Waals surface area contributed by atoms with E-state index in [-0.39, 0.29) is 17.7 Å². The molecule has 1 fully saturated rings. The molecule has 1 aliphatic heterocycles. The molecule has 0 atom stereocenters. The molecule has 3 rings (SSSR count). The fraction of sp³-hybridized carbons (Fsp3) is 0.353. The minimum atomic E-state index is -0.184. The van der Waals surface area contributed by atoms with Crippen LogP contribution in [0.3, 0.4) is 0 Å². The van der Waals surface area contributed by atoms with Gasteiger partial charge in [0, 0.05) is 32.7 Å². The first-order valence-corrected chi connectivity index (χ1v) is 7.56. The molecule has 120 valence electrons. The SMILES string of the molecule is Cc1cc(C(=O)N2CC(C(=O)N(C)Cc3ccccc3)C2)no1. The molecule has 1 saturated heterocycles. The van der Waals surface area contributed by atoms with Gasteiger partial charge in [0.2, 0.25) is 5.91 Å². The second-order valence-electron chi connectivity index (χ2n) is 5.91. The van der Waals surface area contributed by atoms with Crippen molar-refractivity contribution in [3.63, 3.8) is 0 Å². The highest BCUT2D eigenvalue weighted by atomic mass is 16.5. The van der Waals surface area contributed by atoms with E-state index in [1.54, 1.807) is 29.8 Å². The zero-order valence-corrected chi connectivity index (χ0v) is 13.2. The molecule has 0 radical (unpaired) electrons. The van der Waals surface area contributed by atoms with Gasteiger partial charge in [0.05, 0.1) is 5.92 Å². The Bertz CT molecular complexity index is 705. The van der Waals surface area contributed by atoms with Crippen molar-refractivity contribution in [1.29, 1.82) is 0 Å². The first kappa shape index (κ1) is 15.3. The second-order valence-corrected chi connectivity index (χ2v) is 5.91. The molecule has 0 saturated carbocycles. The maximum absolute atomic E-state index is 12.4. The number of carbonyl (C=O) groups excluding carboxylic acids is 2. The van der Waals surface area contributed by atoms with Gasteiger partial charge in [0.1, 0.15) is 5.76 Å². The average Bonchev–Trinajstić information content (AvgIpc) is 2.93. The molecule has 0 bridgehead atoms. The van der Waals surface area contributed by atoms with Crippen LogP contribution in [0.2, 0.25) is 0 Å². The van der Waals surface area contributed by atoms with E-state index in [1.807, 2.05) is 30.3 Å². The summed E-state index contributed by atoms with van der Waals surface area (Å²) in [6, 6.07) is 11.5. The summed E-state index contributed by atoms with van der Waals surface area (Å²) in [5.41, 5.74) is 1.39. The molecule has 0 spiro atoms. The lowest BCUT2D eigenvalue weighted by atomic mass is 9.97. The lowest BCUT2D eigenvalue weighted by Crippen LogP contribution is -2.55. The molecule has 23 heavy (non-hydrogen) atoms. The van der Waals surface area contributed by atoms with Gasteiger partial charge in [-0.2, -0.15) is 0 Å². The maximum Gasteiger partial charge on any atom is 0.276 e. The van der Waals surface area contributed by atoms with E-state index in [4.69, 9.17) is 4.52 Å². The smallest absolute Gasteiger partial charge is 0.276 e. The van der Waals surface area contributed by atoms with Crippen LogP contribution < -0.4 is 0 Å². The Labute approximate surface area is 134 Å². The monoisotopic (exact) mass is 313 g/mol. The minimum Gasteiger partial charge on any atom is -0.361 e. The van der Waals surface area contributed by atoms with Crippen LogP contribution in [0.1, 0.15) is 21.8 Å². The Kier molecular flexibility index (Phi) is 4.14. The number of rotatable bonds is 4. The Balaban J connectivity index is 1.52. The second kappa shape index (κ2) is 6.24. The van der Waals surface area contributed by atoms with Crippen molar-refractivity contribution in [2.75, 3.05) is 20.1 Å². The average molecular weight is 313 g/mol. The van der Waals surface area contributed by atoms with E-state index in [1.165, 1.54) is 0 Å². The fourth-order valence-corrected chi connectivity index (χ4v) is 2.68. The first-order chi connectivity index (χ1) is 11.0. The summed E-state index contributed by atoms with van der Waals surface area (Å²) >= 11 is 0. The van der Waals surface area contributed by atoms with Crippen LogP contribution in [0.4, 0.5) is 0 Å². The number of nitrogens with zero attached hydrogens (tertiary/aromatic N) is 3. The number of amides is 2. The minimum absolute atomic E-state index is 0.0641. The third-order valence-corrected chi connectivity index (χ3v) is 4.00. The van der Waals surface area contributed by atoms with Crippen LogP contribution in [0.5, 0.6) is 0 Å². The predicted molar refractivity (Wildman–Crippen MR) is 83.5 cm³/mol. The van der Waals surface area contributed by atoms with E-state index < -0.39 is 0 Å². The lowest BCUT2D eigenvalue weighted by molar-refractivity contribution is -0.139. The molecule has 1 aliphatic rings. The van der Waals surface area contributed by atoms with Gasteiger partial charge in [-0.25, -0.2) is 0 Å². The van der Waals surface area contributed by atoms with Crippen molar-refractivity contribution in [1.82, 2.24) is 15.0 Å². The highest BCUT2D eigenvalue weighted by Gasteiger charge is 2.38. The molecule has 0 unspecified atom stereocenters. The van der Waals surface area contributed by atoms with Gasteiger partial charge in [0.25, 0.3) is 5.91 Å². The summed E-state index contributed by atoms with van der Waals surface area (Å²) < 4.78 is 4.91. The van der Waals surface area contributed by atoms with E-state index in [2.05, 4.69) is 5.16 Å². The van der Waals surface area contributed by atoms with Crippen LogP contribution >= 0.6 is 0 Å². The van der Waals surface area contributed by atoms with Crippen molar-refractivity contribution in [3.8, 4) is 0 Å². The number of benzene rings is 1. The molecule has 2 aromatic rings. The summed E-state index contributed by atoms with van der Waals surface area (Å²) in [5, 5.41) is 3.72. The highest BCUT2D eigenvalue weighted by Crippen LogP contribution is 2.21. The van der Waals surface area contributed by atoms with E-state index in [0.29, 0.717) is 31.1 Å². The molecule has 0 N–H and O–H groups in total. The topological polar surface area (TPSA) is 66.7 Å². The quantitative estimate of drug-likeness (QED) is 0.862.